The predicted octanol–water partition coefficient (Wildman–Crippen LogP) is 3.79. The number of methoxy groups -OCH3 is 1. The third-order valence-corrected chi connectivity index (χ3v) is 5.11. The van der Waals surface area contributed by atoms with Gasteiger partial charge in [-0.05, 0) is 62.9 Å². The second-order valence-electron chi connectivity index (χ2n) is 7.04. The van der Waals surface area contributed by atoms with E-state index in [9.17, 15) is 4.79 Å². The molecule has 1 heterocycles. The fourth-order valence-electron chi connectivity index (χ4n) is 3.51. The standard InChI is InChI=1S/C21H34N2O2/c1-3-4-15-23-16-6-5-9-19(23)17-22-21(24)10-7-8-18-11-13-20(25-2)14-12-18/h11-14,19H,3-10,15-17H2,1-2H3,(H,22,24). The number of likely N-dealkylation sites (tertiary alicyclic amines) is 1. The Hall–Kier alpha value is -1.55. The van der Waals surface area contributed by atoms with Crippen molar-refractivity contribution < 1.29 is 9.53 Å². The molecule has 25 heavy (non-hydrogen) atoms. The summed E-state index contributed by atoms with van der Waals surface area (Å²) in [6, 6.07) is 8.63. The number of benzene rings is 1. The first-order valence-electron chi connectivity index (χ1n) is 9.86. The van der Waals surface area contributed by atoms with Crippen molar-refractivity contribution in [1.82, 2.24) is 10.2 Å². The summed E-state index contributed by atoms with van der Waals surface area (Å²) in [6.45, 7) is 5.42. The van der Waals surface area contributed by atoms with E-state index in [1.54, 1.807) is 7.11 Å². The zero-order valence-electron chi connectivity index (χ0n) is 15.9. The lowest BCUT2D eigenvalue weighted by molar-refractivity contribution is -0.121. The molecule has 1 amide bonds. The number of carbonyl (C=O) groups is 1. The van der Waals surface area contributed by atoms with E-state index >= 15 is 0 Å². The molecule has 1 saturated heterocycles. The normalized spacial score (nSPS) is 18.1. The van der Waals surface area contributed by atoms with Crippen molar-refractivity contribution >= 4 is 5.91 Å². The van der Waals surface area contributed by atoms with Gasteiger partial charge in [0.1, 0.15) is 5.75 Å². The Kier molecular flexibility index (Phi) is 8.81. The van der Waals surface area contributed by atoms with E-state index in [1.165, 1.54) is 50.8 Å². The van der Waals surface area contributed by atoms with Gasteiger partial charge in [-0.3, -0.25) is 9.69 Å². The van der Waals surface area contributed by atoms with Crippen molar-refractivity contribution in [2.75, 3.05) is 26.7 Å². The van der Waals surface area contributed by atoms with Crippen LogP contribution in [0.4, 0.5) is 0 Å². The minimum Gasteiger partial charge on any atom is -0.497 e. The van der Waals surface area contributed by atoms with E-state index in [2.05, 4.69) is 29.3 Å². The number of amides is 1. The first-order valence-corrected chi connectivity index (χ1v) is 9.86. The molecular formula is C21H34N2O2. The summed E-state index contributed by atoms with van der Waals surface area (Å²) < 4.78 is 5.17. The van der Waals surface area contributed by atoms with Crippen molar-refractivity contribution in [3.05, 3.63) is 29.8 Å². The van der Waals surface area contributed by atoms with Gasteiger partial charge in [0.15, 0.2) is 0 Å². The average Bonchev–Trinajstić information content (AvgIpc) is 2.66. The van der Waals surface area contributed by atoms with Gasteiger partial charge in [0.2, 0.25) is 5.91 Å². The minimum absolute atomic E-state index is 0.189. The summed E-state index contributed by atoms with van der Waals surface area (Å²) in [5, 5.41) is 3.16. The number of hydrogen-bond donors (Lipinski definition) is 1. The van der Waals surface area contributed by atoms with Gasteiger partial charge in [-0.2, -0.15) is 0 Å². The van der Waals surface area contributed by atoms with Gasteiger partial charge >= 0.3 is 0 Å². The van der Waals surface area contributed by atoms with Crippen LogP contribution in [-0.4, -0.2) is 43.6 Å². The molecular weight excluding hydrogens is 312 g/mol. The molecule has 2 rings (SSSR count). The number of nitrogens with one attached hydrogen (secondary N) is 1. The zero-order valence-corrected chi connectivity index (χ0v) is 15.9. The van der Waals surface area contributed by atoms with Crippen LogP contribution in [0.15, 0.2) is 24.3 Å². The number of unbranched alkanes of at least 4 members (excludes halogenated alkanes) is 1. The van der Waals surface area contributed by atoms with Crippen molar-refractivity contribution in [3.63, 3.8) is 0 Å². The van der Waals surface area contributed by atoms with Gasteiger partial charge in [0, 0.05) is 19.0 Å². The van der Waals surface area contributed by atoms with Crippen LogP contribution in [0.3, 0.4) is 0 Å². The van der Waals surface area contributed by atoms with Crippen LogP contribution in [0.1, 0.15) is 57.4 Å². The Morgan fingerprint density at radius 2 is 2.04 bits per heavy atom. The molecule has 1 aliphatic heterocycles. The molecule has 4 nitrogen and oxygen atoms in total. The number of hydrogen-bond acceptors (Lipinski definition) is 3. The highest BCUT2D eigenvalue weighted by molar-refractivity contribution is 5.75. The minimum atomic E-state index is 0.189. The summed E-state index contributed by atoms with van der Waals surface area (Å²) >= 11 is 0. The fraction of sp³-hybridized carbons (Fsp3) is 0.667. The molecule has 0 aliphatic carbocycles. The first kappa shape index (κ1) is 19.8. The van der Waals surface area contributed by atoms with Crippen LogP contribution < -0.4 is 10.1 Å². The third kappa shape index (κ3) is 7.07. The van der Waals surface area contributed by atoms with E-state index in [-0.39, 0.29) is 5.91 Å². The molecule has 1 fully saturated rings. The molecule has 1 aromatic carbocycles. The Morgan fingerprint density at radius 1 is 1.24 bits per heavy atom. The highest BCUT2D eigenvalue weighted by atomic mass is 16.5. The van der Waals surface area contributed by atoms with Crippen LogP contribution in [0.5, 0.6) is 5.75 Å². The summed E-state index contributed by atoms with van der Waals surface area (Å²) in [5.41, 5.74) is 1.26. The van der Waals surface area contributed by atoms with Crippen molar-refractivity contribution in [2.45, 2.75) is 64.3 Å². The van der Waals surface area contributed by atoms with E-state index in [1.807, 2.05) is 12.1 Å². The van der Waals surface area contributed by atoms with Crippen molar-refractivity contribution in [3.8, 4) is 5.75 Å². The number of ether oxygens (including phenoxy) is 1. The highest BCUT2D eigenvalue weighted by Gasteiger charge is 2.21. The number of carbonyl (C=O) groups excluding carboxylic acids is 1. The quantitative estimate of drug-likeness (QED) is 0.701. The zero-order chi connectivity index (χ0) is 17.9. The topological polar surface area (TPSA) is 41.6 Å². The lowest BCUT2D eigenvalue weighted by Gasteiger charge is -2.35. The second-order valence-corrected chi connectivity index (χ2v) is 7.04. The molecule has 1 unspecified atom stereocenters. The van der Waals surface area contributed by atoms with Crippen molar-refractivity contribution in [1.29, 1.82) is 0 Å². The second kappa shape index (κ2) is 11.1. The molecule has 140 valence electrons. The van der Waals surface area contributed by atoms with E-state index in [0.29, 0.717) is 12.5 Å². The fourth-order valence-corrected chi connectivity index (χ4v) is 3.51. The van der Waals surface area contributed by atoms with Gasteiger partial charge in [0.05, 0.1) is 7.11 Å². The average molecular weight is 347 g/mol. The van der Waals surface area contributed by atoms with E-state index in [0.717, 1.165) is 25.1 Å². The Labute approximate surface area is 152 Å². The Balaban J connectivity index is 1.65. The summed E-state index contributed by atoms with van der Waals surface area (Å²) in [6.07, 6.45) is 8.74. The van der Waals surface area contributed by atoms with E-state index < -0.39 is 0 Å². The number of piperidine rings is 1. The van der Waals surface area contributed by atoms with Crippen LogP contribution in [0.2, 0.25) is 0 Å². The van der Waals surface area contributed by atoms with Crippen LogP contribution in [0.25, 0.3) is 0 Å². The third-order valence-electron chi connectivity index (χ3n) is 5.11. The van der Waals surface area contributed by atoms with Crippen LogP contribution in [0, 0.1) is 0 Å². The van der Waals surface area contributed by atoms with Crippen molar-refractivity contribution in [2.24, 2.45) is 0 Å². The largest absolute Gasteiger partial charge is 0.497 e. The molecule has 1 aliphatic rings. The molecule has 0 saturated carbocycles. The number of rotatable bonds is 10. The van der Waals surface area contributed by atoms with Crippen LogP contribution in [-0.2, 0) is 11.2 Å². The van der Waals surface area contributed by atoms with Gasteiger partial charge in [-0.15, -0.1) is 0 Å². The summed E-state index contributed by atoms with van der Waals surface area (Å²) in [7, 11) is 1.68. The van der Waals surface area contributed by atoms with Gasteiger partial charge in [-0.25, -0.2) is 0 Å². The van der Waals surface area contributed by atoms with Gasteiger partial charge < -0.3 is 10.1 Å². The Morgan fingerprint density at radius 3 is 2.76 bits per heavy atom. The summed E-state index contributed by atoms with van der Waals surface area (Å²) in [4.78, 5) is 14.7. The molecule has 0 bridgehead atoms. The molecule has 0 spiro atoms. The predicted molar refractivity (Wildman–Crippen MR) is 103 cm³/mol. The maximum Gasteiger partial charge on any atom is 0.220 e. The smallest absolute Gasteiger partial charge is 0.220 e. The number of aryl methyl sites for hydroxylation is 1. The molecule has 1 atom stereocenters. The Bertz CT molecular complexity index is 501. The van der Waals surface area contributed by atoms with Gasteiger partial charge in [-0.1, -0.05) is 31.9 Å². The maximum absolute atomic E-state index is 12.1. The lowest BCUT2D eigenvalue weighted by atomic mass is 10.0. The highest BCUT2D eigenvalue weighted by Crippen LogP contribution is 2.17. The molecule has 0 aromatic heterocycles. The monoisotopic (exact) mass is 346 g/mol. The molecule has 1 N–H and O–H groups in total. The lowest BCUT2D eigenvalue weighted by Crippen LogP contribution is -2.46. The molecule has 4 heteroatoms. The molecule has 0 radical (unpaired) electrons. The van der Waals surface area contributed by atoms with E-state index in [4.69, 9.17) is 4.74 Å². The van der Waals surface area contributed by atoms with Crippen LogP contribution >= 0.6 is 0 Å². The number of nitrogens with zero attached hydrogens (tertiary/aromatic N) is 1. The first-order chi connectivity index (χ1) is 12.2. The molecule has 1 aromatic rings. The summed E-state index contributed by atoms with van der Waals surface area (Å²) in [5.74, 6) is 1.07. The SMILES string of the molecule is CCCCN1CCCCC1CNC(=O)CCCc1ccc(OC)cc1. The van der Waals surface area contributed by atoms with Gasteiger partial charge in [0.25, 0.3) is 0 Å². The maximum atomic E-state index is 12.1.